The molecule has 14 heteroatoms. The van der Waals surface area contributed by atoms with Gasteiger partial charge in [0.05, 0.1) is 35.4 Å². The van der Waals surface area contributed by atoms with Gasteiger partial charge in [-0.1, -0.05) is 42.0 Å². The Labute approximate surface area is 242 Å². The number of carbonyl (C=O) groups is 1. The topological polar surface area (TPSA) is 72.9 Å². The molecule has 0 saturated heterocycles. The lowest BCUT2D eigenvalue weighted by molar-refractivity contribution is -0.141. The Morgan fingerprint density at radius 3 is 2.40 bits per heavy atom. The summed E-state index contributed by atoms with van der Waals surface area (Å²) in [7, 11) is -3.43. The van der Waals surface area contributed by atoms with Crippen LogP contribution in [0, 0.1) is 0 Å². The summed E-state index contributed by atoms with van der Waals surface area (Å²) in [6.45, 7) is -0.363. The number of anilines is 1. The third kappa shape index (κ3) is 6.84. The zero-order valence-corrected chi connectivity index (χ0v) is 23.2. The molecule has 0 fully saturated rings. The third-order valence-electron chi connectivity index (χ3n) is 6.36. The smallest absolute Gasteiger partial charge is 0.417 e. The highest BCUT2D eigenvalue weighted by Crippen LogP contribution is 2.41. The molecule has 3 aromatic rings. The van der Waals surface area contributed by atoms with Gasteiger partial charge in [0.1, 0.15) is 11.9 Å². The molecule has 0 amide bonds. The van der Waals surface area contributed by atoms with Gasteiger partial charge < -0.3 is 9.47 Å². The first-order valence-corrected chi connectivity index (χ1v) is 14.0. The van der Waals surface area contributed by atoms with Gasteiger partial charge in [-0.25, -0.2) is 8.42 Å². The van der Waals surface area contributed by atoms with Crippen LogP contribution in [0.1, 0.15) is 35.1 Å². The molecular formula is C28H22ClF6NO5S. The number of esters is 1. The van der Waals surface area contributed by atoms with E-state index in [-0.39, 0.29) is 47.0 Å². The average molecular weight is 634 g/mol. The lowest BCUT2D eigenvalue weighted by Crippen LogP contribution is -2.43. The molecule has 0 aromatic heterocycles. The van der Waals surface area contributed by atoms with E-state index >= 15 is 0 Å². The standard InChI is InChI=1S/C28H22ClF6NO5S/c1-40-26(37)13-10-19-16-36(42(38,39)20-5-2-4-18(15-20)27(30,31)32)24-14-17(9-12-25(24)41-19)8-11-21-22(28(33,34)35)6-3-7-23(21)29/h2-9,11-12,14-15,19H,10,13,16H2,1H3/b11-8+/t19-/m0/s1. The number of carbonyl (C=O) groups excluding carboxylic acids is 1. The Hall–Kier alpha value is -3.71. The number of hydrogen-bond donors (Lipinski definition) is 0. The van der Waals surface area contributed by atoms with Crippen LogP contribution < -0.4 is 9.04 Å². The van der Waals surface area contributed by atoms with Crippen molar-refractivity contribution in [2.45, 2.75) is 36.2 Å². The molecule has 1 atom stereocenters. The zero-order valence-electron chi connectivity index (χ0n) is 21.7. The molecule has 1 aliphatic heterocycles. The van der Waals surface area contributed by atoms with Crippen LogP contribution >= 0.6 is 11.6 Å². The minimum absolute atomic E-state index is 0.0368. The van der Waals surface area contributed by atoms with Crippen LogP contribution in [0.25, 0.3) is 12.2 Å². The van der Waals surface area contributed by atoms with Gasteiger partial charge in [0.2, 0.25) is 0 Å². The van der Waals surface area contributed by atoms with Crippen LogP contribution in [-0.4, -0.2) is 34.1 Å². The second-order valence-corrected chi connectivity index (χ2v) is 11.4. The van der Waals surface area contributed by atoms with Crippen LogP contribution in [0.3, 0.4) is 0 Å². The molecule has 0 bridgehead atoms. The Morgan fingerprint density at radius 1 is 1.02 bits per heavy atom. The van der Waals surface area contributed by atoms with Crippen molar-refractivity contribution in [3.63, 3.8) is 0 Å². The number of hydrogen-bond acceptors (Lipinski definition) is 5. The van der Waals surface area contributed by atoms with Gasteiger partial charge >= 0.3 is 18.3 Å². The van der Waals surface area contributed by atoms with Gasteiger partial charge in [0, 0.05) is 17.0 Å². The fourth-order valence-electron chi connectivity index (χ4n) is 4.28. The SMILES string of the molecule is COC(=O)CC[C@H]1CN(S(=O)(=O)c2cccc(C(F)(F)F)c2)c2cc(/C=C/c3c(Cl)cccc3C(F)(F)F)ccc2O1. The summed E-state index contributed by atoms with van der Waals surface area (Å²) in [5.41, 5.74) is -2.26. The van der Waals surface area contributed by atoms with E-state index in [1.807, 2.05) is 0 Å². The van der Waals surface area contributed by atoms with Crippen molar-refractivity contribution in [2.24, 2.45) is 0 Å². The van der Waals surface area contributed by atoms with E-state index in [9.17, 15) is 39.6 Å². The largest absolute Gasteiger partial charge is 0.486 e. The van der Waals surface area contributed by atoms with Gasteiger partial charge in [-0.3, -0.25) is 9.10 Å². The minimum atomic E-state index is -4.80. The number of sulfonamides is 1. The molecule has 0 N–H and O–H groups in total. The molecule has 0 unspecified atom stereocenters. The number of nitrogens with zero attached hydrogens (tertiary/aromatic N) is 1. The van der Waals surface area contributed by atoms with Crippen LogP contribution in [0.15, 0.2) is 65.6 Å². The van der Waals surface area contributed by atoms with E-state index in [1.165, 1.54) is 37.5 Å². The lowest BCUT2D eigenvalue weighted by atomic mass is 10.0. The van der Waals surface area contributed by atoms with Crippen molar-refractivity contribution in [2.75, 3.05) is 18.0 Å². The van der Waals surface area contributed by atoms with Crippen LogP contribution in [-0.2, 0) is 31.9 Å². The number of rotatable bonds is 7. The zero-order chi connectivity index (χ0) is 30.9. The Balaban J connectivity index is 1.77. The fourth-order valence-corrected chi connectivity index (χ4v) is 6.07. The molecule has 1 heterocycles. The second-order valence-electron chi connectivity index (χ2n) is 9.18. The van der Waals surface area contributed by atoms with E-state index in [0.717, 1.165) is 40.7 Å². The summed E-state index contributed by atoms with van der Waals surface area (Å²) in [5, 5.41) is -0.162. The van der Waals surface area contributed by atoms with Crippen molar-refractivity contribution >= 4 is 45.4 Å². The Morgan fingerprint density at radius 2 is 1.74 bits per heavy atom. The lowest BCUT2D eigenvalue weighted by Gasteiger charge is -2.35. The van der Waals surface area contributed by atoms with Crippen molar-refractivity contribution in [3.05, 3.63) is 87.9 Å². The molecule has 6 nitrogen and oxygen atoms in total. The summed E-state index contributed by atoms with van der Waals surface area (Å²) < 4.78 is 119. The highest BCUT2D eigenvalue weighted by molar-refractivity contribution is 7.92. The van der Waals surface area contributed by atoms with Crippen molar-refractivity contribution in [1.29, 1.82) is 0 Å². The first kappa shape index (κ1) is 31.2. The summed E-state index contributed by atoms with van der Waals surface area (Å²) in [5.74, 6) is -0.535. The molecule has 1 aliphatic rings. The number of ether oxygens (including phenoxy) is 2. The molecule has 0 spiro atoms. The first-order valence-electron chi connectivity index (χ1n) is 12.2. The molecule has 3 aromatic carbocycles. The number of methoxy groups -OCH3 is 1. The summed E-state index contributed by atoms with van der Waals surface area (Å²) in [6, 6.07) is 10.7. The monoisotopic (exact) mass is 633 g/mol. The van der Waals surface area contributed by atoms with Gasteiger partial charge in [-0.05, 0) is 54.4 Å². The van der Waals surface area contributed by atoms with E-state index in [4.69, 9.17) is 16.3 Å². The van der Waals surface area contributed by atoms with Gasteiger partial charge in [0.15, 0.2) is 0 Å². The molecule has 42 heavy (non-hydrogen) atoms. The number of benzene rings is 3. The molecule has 0 aliphatic carbocycles. The summed E-state index contributed by atoms with van der Waals surface area (Å²) in [4.78, 5) is 11.0. The van der Waals surface area contributed by atoms with E-state index in [1.54, 1.807) is 0 Å². The van der Waals surface area contributed by atoms with Crippen molar-refractivity contribution < 1.29 is 49.0 Å². The summed E-state index contributed by atoms with van der Waals surface area (Å²) in [6.07, 6.45) is -8.02. The average Bonchev–Trinajstić information content (AvgIpc) is 2.93. The van der Waals surface area contributed by atoms with Gasteiger partial charge in [0.25, 0.3) is 10.0 Å². The molecule has 0 saturated carbocycles. The molecule has 4 rings (SSSR count). The molecule has 224 valence electrons. The summed E-state index contributed by atoms with van der Waals surface area (Å²) >= 11 is 6.02. The Bertz CT molecular complexity index is 1620. The highest BCUT2D eigenvalue weighted by atomic mass is 35.5. The van der Waals surface area contributed by atoms with E-state index in [0.29, 0.717) is 6.07 Å². The predicted molar refractivity (Wildman–Crippen MR) is 143 cm³/mol. The van der Waals surface area contributed by atoms with E-state index < -0.39 is 50.5 Å². The number of alkyl halides is 6. The Kier molecular flexibility index (Phi) is 8.84. The van der Waals surface area contributed by atoms with Crippen molar-refractivity contribution in [1.82, 2.24) is 0 Å². The quantitative estimate of drug-likeness (QED) is 0.153. The van der Waals surface area contributed by atoms with Gasteiger partial charge in [-0.2, -0.15) is 26.3 Å². The van der Waals surface area contributed by atoms with Crippen LogP contribution in [0.2, 0.25) is 5.02 Å². The number of halogens is 7. The maximum atomic E-state index is 13.7. The second kappa shape index (κ2) is 11.9. The van der Waals surface area contributed by atoms with Gasteiger partial charge in [-0.15, -0.1) is 0 Å². The third-order valence-corrected chi connectivity index (χ3v) is 8.47. The molecular weight excluding hydrogens is 612 g/mol. The predicted octanol–water partition coefficient (Wildman–Crippen LogP) is 7.46. The normalized spacial score (nSPS) is 15.8. The van der Waals surface area contributed by atoms with Crippen molar-refractivity contribution in [3.8, 4) is 5.75 Å². The van der Waals surface area contributed by atoms with Crippen LogP contribution in [0.4, 0.5) is 32.0 Å². The van der Waals surface area contributed by atoms with E-state index in [2.05, 4.69) is 4.74 Å². The first-order chi connectivity index (χ1) is 19.6. The fraction of sp³-hybridized carbons (Fsp3) is 0.250. The molecule has 0 radical (unpaired) electrons. The number of fused-ring (bicyclic) bond motifs is 1. The minimum Gasteiger partial charge on any atom is -0.486 e. The van der Waals surface area contributed by atoms with Crippen LogP contribution in [0.5, 0.6) is 5.75 Å². The highest BCUT2D eigenvalue weighted by Gasteiger charge is 2.37. The maximum absolute atomic E-state index is 13.7. The maximum Gasteiger partial charge on any atom is 0.417 e.